The van der Waals surface area contributed by atoms with Gasteiger partial charge in [0.1, 0.15) is 17.3 Å². The molecule has 0 rings (SSSR count). The van der Waals surface area contributed by atoms with Crippen molar-refractivity contribution >= 4 is 17.3 Å². The maximum Gasteiger partial charge on any atom is 0.145 e. The fourth-order valence-corrected chi connectivity index (χ4v) is 2.71. The van der Waals surface area contributed by atoms with Gasteiger partial charge in [-0.15, -0.1) is 0 Å². The first-order valence-corrected chi connectivity index (χ1v) is 8.66. The minimum absolute atomic E-state index is 0.0200. The summed E-state index contributed by atoms with van der Waals surface area (Å²) < 4.78 is 0. The molecule has 0 aliphatic heterocycles. The normalized spacial score (nSPS) is 15.7. The SMILES string of the molecule is CC(C)C(=O)CC(CC(=O)C(C)(C)C)(C(=O)C(C)(C)C)C(C)C. The van der Waals surface area contributed by atoms with Gasteiger partial charge in [-0.1, -0.05) is 69.2 Å². The lowest BCUT2D eigenvalue weighted by Crippen LogP contribution is -2.47. The van der Waals surface area contributed by atoms with Gasteiger partial charge in [0.15, 0.2) is 0 Å². The van der Waals surface area contributed by atoms with Gasteiger partial charge in [0.05, 0.1) is 0 Å². The molecule has 0 aliphatic carbocycles. The third-order valence-corrected chi connectivity index (χ3v) is 4.68. The van der Waals surface area contributed by atoms with E-state index >= 15 is 0 Å². The van der Waals surface area contributed by atoms with E-state index in [1.807, 2.05) is 69.2 Å². The largest absolute Gasteiger partial charge is 0.299 e. The fourth-order valence-electron chi connectivity index (χ4n) is 2.71. The second-order valence-corrected chi connectivity index (χ2v) is 9.54. The zero-order chi connectivity index (χ0) is 18.8. The third-order valence-electron chi connectivity index (χ3n) is 4.68. The van der Waals surface area contributed by atoms with Crippen LogP contribution in [0.1, 0.15) is 82.1 Å². The molecule has 0 amide bonds. The van der Waals surface area contributed by atoms with Gasteiger partial charge in [0.2, 0.25) is 0 Å². The van der Waals surface area contributed by atoms with Crippen LogP contribution in [0.4, 0.5) is 0 Å². The van der Waals surface area contributed by atoms with Gasteiger partial charge in [-0.2, -0.15) is 0 Å². The molecular weight excluding hydrogens is 288 g/mol. The molecular formula is C20H36O3. The Kier molecular flexibility index (Phi) is 6.96. The van der Waals surface area contributed by atoms with Crippen LogP contribution in [0, 0.1) is 28.1 Å². The van der Waals surface area contributed by atoms with Crippen molar-refractivity contribution in [2.75, 3.05) is 0 Å². The van der Waals surface area contributed by atoms with Gasteiger partial charge in [0.25, 0.3) is 0 Å². The molecule has 3 nitrogen and oxygen atoms in total. The summed E-state index contributed by atoms with van der Waals surface area (Å²) in [6.07, 6.45) is 0.295. The summed E-state index contributed by atoms with van der Waals surface area (Å²) in [5, 5.41) is 0. The Morgan fingerprint density at radius 1 is 0.739 bits per heavy atom. The Morgan fingerprint density at radius 3 is 1.43 bits per heavy atom. The van der Waals surface area contributed by atoms with Crippen LogP contribution in [0.5, 0.6) is 0 Å². The maximum atomic E-state index is 13.2. The minimum Gasteiger partial charge on any atom is -0.299 e. The van der Waals surface area contributed by atoms with Crippen molar-refractivity contribution in [1.82, 2.24) is 0 Å². The molecule has 134 valence electrons. The fraction of sp³-hybridized carbons (Fsp3) is 0.850. The molecule has 0 bridgehead atoms. The maximum absolute atomic E-state index is 13.2. The van der Waals surface area contributed by atoms with Crippen LogP contribution in [0.15, 0.2) is 0 Å². The van der Waals surface area contributed by atoms with E-state index in [0.717, 1.165) is 0 Å². The monoisotopic (exact) mass is 324 g/mol. The van der Waals surface area contributed by atoms with Crippen LogP contribution in [0.25, 0.3) is 0 Å². The average Bonchev–Trinajstić information content (AvgIpc) is 2.33. The van der Waals surface area contributed by atoms with Crippen molar-refractivity contribution in [3.8, 4) is 0 Å². The first-order valence-electron chi connectivity index (χ1n) is 8.66. The van der Waals surface area contributed by atoms with Crippen molar-refractivity contribution < 1.29 is 14.4 Å². The quantitative estimate of drug-likeness (QED) is 0.671. The highest BCUT2D eigenvalue weighted by Crippen LogP contribution is 2.44. The molecule has 0 N–H and O–H groups in total. The van der Waals surface area contributed by atoms with Gasteiger partial charge in [-0.05, 0) is 5.92 Å². The molecule has 0 saturated carbocycles. The summed E-state index contributed by atoms with van der Waals surface area (Å²) in [5.41, 5.74) is -2.01. The van der Waals surface area contributed by atoms with Gasteiger partial charge in [-0.3, -0.25) is 14.4 Å². The number of hydrogen-bond acceptors (Lipinski definition) is 3. The van der Waals surface area contributed by atoms with E-state index in [-0.39, 0.29) is 42.0 Å². The number of Topliss-reactive ketones (excluding diaryl/α,β-unsaturated/α-hetero) is 3. The van der Waals surface area contributed by atoms with Crippen molar-refractivity contribution in [3.63, 3.8) is 0 Å². The summed E-state index contributed by atoms with van der Waals surface area (Å²) in [5.74, 6) is -0.0844. The molecule has 0 aromatic rings. The Hall–Kier alpha value is -0.990. The summed E-state index contributed by atoms with van der Waals surface area (Å²) in [6, 6.07) is 0. The summed E-state index contributed by atoms with van der Waals surface area (Å²) in [4.78, 5) is 38.4. The Bertz CT molecular complexity index is 458. The minimum atomic E-state index is -0.913. The number of hydrogen-bond donors (Lipinski definition) is 0. The highest BCUT2D eigenvalue weighted by Gasteiger charge is 2.49. The van der Waals surface area contributed by atoms with Crippen LogP contribution >= 0.6 is 0 Å². The molecule has 0 aliphatic rings. The predicted octanol–water partition coefficient (Wildman–Crippen LogP) is 4.86. The molecule has 23 heavy (non-hydrogen) atoms. The lowest BCUT2D eigenvalue weighted by atomic mass is 9.59. The molecule has 1 atom stereocenters. The average molecular weight is 325 g/mol. The zero-order valence-corrected chi connectivity index (χ0v) is 16.8. The van der Waals surface area contributed by atoms with Gasteiger partial charge in [-0.25, -0.2) is 0 Å². The summed E-state index contributed by atoms with van der Waals surface area (Å²) >= 11 is 0. The lowest BCUT2D eigenvalue weighted by molar-refractivity contribution is -0.149. The standard InChI is InChI=1S/C20H36O3/c1-13(2)15(21)11-20(14(3)4,17(23)19(8,9)10)12-16(22)18(5,6)7/h13-14H,11-12H2,1-10H3. The molecule has 0 radical (unpaired) electrons. The van der Waals surface area contributed by atoms with Crippen LogP contribution in [0.2, 0.25) is 0 Å². The van der Waals surface area contributed by atoms with Crippen molar-refractivity contribution in [2.45, 2.75) is 82.1 Å². The van der Waals surface area contributed by atoms with E-state index in [1.165, 1.54) is 0 Å². The van der Waals surface area contributed by atoms with Crippen LogP contribution in [-0.2, 0) is 14.4 Å². The van der Waals surface area contributed by atoms with E-state index in [4.69, 9.17) is 0 Å². The predicted molar refractivity (Wildman–Crippen MR) is 95.3 cm³/mol. The van der Waals surface area contributed by atoms with E-state index < -0.39 is 16.2 Å². The zero-order valence-electron chi connectivity index (χ0n) is 16.8. The number of carbonyl (C=O) groups excluding carboxylic acids is 3. The Morgan fingerprint density at radius 2 is 1.17 bits per heavy atom. The highest BCUT2D eigenvalue weighted by molar-refractivity contribution is 5.99. The van der Waals surface area contributed by atoms with Crippen molar-refractivity contribution in [3.05, 3.63) is 0 Å². The van der Waals surface area contributed by atoms with Crippen molar-refractivity contribution in [2.24, 2.45) is 28.1 Å². The molecule has 0 aromatic carbocycles. The molecule has 0 fully saturated rings. The van der Waals surface area contributed by atoms with E-state index in [1.54, 1.807) is 0 Å². The van der Waals surface area contributed by atoms with Gasteiger partial charge >= 0.3 is 0 Å². The number of ketones is 3. The molecule has 1 unspecified atom stereocenters. The van der Waals surface area contributed by atoms with E-state index in [9.17, 15) is 14.4 Å². The number of rotatable bonds is 7. The second kappa shape index (κ2) is 7.27. The molecule has 0 heterocycles. The van der Waals surface area contributed by atoms with Crippen LogP contribution in [0.3, 0.4) is 0 Å². The molecule has 0 spiro atoms. The van der Waals surface area contributed by atoms with E-state index in [0.29, 0.717) is 0 Å². The Labute approximate surface area is 142 Å². The Balaban J connectivity index is 6.04. The van der Waals surface area contributed by atoms with Crippen LogP contribution in [-0.4, -0.2) is 17.3 Å². The van der Waals surface area contributed by atoms with Crippen LogP contribution < -0.4 is 0 Å². The highest BCUT2D eigenvalue weighted by atomic mass is 16.1. The summed E-state index contributed by atoms with van der Waals surface area (Å²) in [7, 11) is 0. The molecule has 3 heteroatoms. The van der Waals surface area contributed by atoms with E-state index in [2.05, 4.69) is 0 Å². The smallest absolute Gasteiger partial charge is 0.145 e. The first-order chi connectivity index (χ1) is 10.1. The van der Waals surface area contributed by atoms with Crippen molar-refractivity contribution in [1.29, 1.82) is 0 Å². The molecule has 0 saturated heterocycles. The molecule has 0 aromatic heterocycles. The lowest BCUT2D eigenvalue weighted by Gasteiger charge is -2.41. The second-order valence-electron chi connectivity index (χ2n) is 9.54. The number of carbonyl (C=O) groups is 3. The topological polar surface area (TPSA) is 51.2 Å². The van der Waals surface area contributed by atoms with Gasteiger partial charge < -0.3 is 0 Å². The third kappa shape index (κ3) is 5.54. The van der Waals surface area contributed by atoms with Gasteiger partial charge in [0, 0.05) is 35.0 Å². The first kappa shape index (κ1) is 22.0. The summed E-state index contributed by atoms with van der Waals surface area (Å²) in [6.45, 7) is 18.8.